The second-order valence-electron chi connectivity index (χ2n) is 4.43. The van der Waals surface area contributed by atoms with Crippen LogP contribution in [0.15, 0.2) is 0 Å². The summed E-state index contributed by atoms with van der Waals surface area (Å²) in [5.41, 5.74) is 0. The van der Waals surface area contributed by atoms with Gasteiger partial charge in [-0.3, -0.25) is 9.59 Å². The first-order valence-corrected chi connectivity index (χ1v) is 7.07. The second kappa shape index (κ2) is 9.42. The van der Waals surface area contributed by atoms with Crippen molar-refractivity contribution in [2.24, 2.45) is 5.92 Å². The molecular weight excluding hydrogens is 246 g/mol. The Bertz CT molecular complexity index is 269. The lowest BCUT2D eigenvalue weighted by atomic mass is 10.1. The van der Waals surface area contributed by atoms with E-state index < -0.39 is 0 Å². The number of hydrogen-bond donors (Lipinski definition) is 0. The topological polar surface area (TPSA) is 37.4 Å². The average molecular weight is 275 g/mol. The lowest BCUT2D eigenvalue weighted by Crippen LogP contribution is -2.39. The molecule has 0 radical (unpaired) electrons. The smallest absolute Gasteiger partial charge is 0.226 e. The van der Waals surface area contributed by atoms with E-state index >= 15 is 0 Å². The summed E-state index contributed by atoms with van der Waals surface area (Å²) in [4.78, 5) is 25.1. The summed E-state index contributed by atoms with van der Waals surface area (Å²) >= 11 is 1.33. The minimum atomic E-state index is -0.109. The molecule has 1 amide bonds. The zero-order chi connectivity index (χ0) is 12.1. The number of thioether (sulfide) groups is 1. The largest absolute Gasteiger partial charge is 0.331 e. The van der Waals surface area contributed by atoms with Crippen molar-refractivity contribution in [3.05, 3.63) is 0 Å². The van der Waals surface area contributed by atoms with Crippen LogP contribution < -0.4 is 0 Å². The van der Waals surface area contributed by atoms with E-state index in [2.05, 4.69) is 13.8 Å². The van der Waals surface area contributed by atoms with Crippen molar-refractivity contribution < 1.29 is 9.59 Å². The predicted octanol–water partition coefficient (Wildman–Crippen LogP) is 3.58. The molecule has 0 aromatic rings. The Balaban J connectivity index is 0. The second-order valence-corrected chi connectivity index (χ2v) is 5.45. The van der Waals surface area contributed by atoms with Crippen LogP contribution >= 0.6 is 11.8 Å². The van der Waals surface area contributed by atoms with Gasteiger partial charge in [-0.2, -0.15) is 0 Å². The molecule has 2 aliphatic heterocycles. The van der Waals surface area contributed by atoms with Gasteiger partial charge in [-0.05, 0) is 12.8 Å². The van der Waals surface area contributed by atoms with Crippen LogP contribution in [0.25, 0.3) is 0 Å². The van der Waals surface area contributed by atoms with E-state index in [1.807, 2.05) is 6.92 Å². The fourth-order valence-electron chi connectivity index (χ4n) is 1.93. The highest BCUT2D eigenvalue weighted by Gasteiger charge is 2.38. The van der Waals surface area contributed by atoms with Crippen molar-refractivity contribution in [1.82, 2.24) is 4.90 Å². The number of nitrogens with zero attached hydrogens (tertiary/aromatic N) is 1. The molecule has 108 valence electrons. The zero-order valence-electron chi connectivity index (χ0n) is 10.4. The summed E-state index contributed by atoms with van der Waals surface area (Å²) in [6.07, 6.45) is 3.10. The normalized spacial score (nSPS) is 26.1. The summed E-state index contributed by atoms with van der Waals surface area (Å²) in [5, 5.41) is 0.190. The first kappa shape index (κ1) is 19.8. The van der Waals surface area contributed by atoms with Gasteiger partial charge in [0.1, 0.15) is 6.04 Å². The quantitative estimate of drug-likeness (QED) is 0.678. The van der Waals surface area contributed by atoms with Crippen molar-refractivity contribution in [3.63, 3.8) is 0 Å². The van der Waals surface area contributed by atoms with Crippen LogP contribution in [0.3, 0.4) is 0 Å². The Morgan fingerprint density at radius 3 is 2.39 bits per heavy atom. The van der Waals surface area contributed by atoms with Gasteiger partial charge in [0, 0.05) is 18.2 Å². The van der Waals surface area contributed by atoms with Crippen molar-refractivity contribution in [1.29, 1.82) is 0 Å². The van der Waals surface area contributed by atoms with E-state index in [9.17, 15) is 9.59 Å². The SMILES string of the molecule is C.C.CCC.C[C@@H]1CSC(=O)[C@@H]2CCCN2C1=O. The molecular formula is C14H29NO2S. The molecule has 0 unspecified atom stereocenters. The maximum absolute atomic E-state index is 11.7. The molecule has 0 saturated carbocycles. The van der Waals surface area contributed by atoms with Gasteiger partial charge in [-0.25, -0.2) is 0 Å². The van der Waals surface area contributed by atoms with E-state index in [1.165, 1.54) is 18.2 Å². The fraction of sp³-hybridized carbons (Fsp3) is 0.857. The van der Waals surface area contributed by atoms with Crippen LogP contribution in [-0.2, 0) is 9.59 Å². The van der Waals surface area contributed by atoms with Gasteiger partial charge in [0.05, 0.1) is 0 Å². The molecule has 2 heterocycles. The first-order valence-electron chi connectivity index (χ1n) is 6.08. The summed E-state index contributed by atoms with van der Waals surface area (Å²) in [6, 6.07) is -0.109. The molecule has 18 heavy (non-hydrogen) atoms. The molecule has 3 nitrogen and oxygen atoms in total. The molecule has 0 bridgehead atoms. The summed E-state index contributed by atoms with van der Waals surface area (Å²) in [6.45, 7) is 6.93. The van der Waals surface area contributed by atoms with Gasteiger partial charge in [0.15, 0.2) is 0 Å². The maximum Gasteiger partial charge on any atom is 0.226 e. The van der Waals surface area contributed by atoms with Crippen molar-refractivity contribution in [2.75, 3.05) is 12.3 Å². The van der Waals surface area contributed by atoms with Crippen molar-refractivity contribution in [3.8, 4) is 0 Å². The number of carbonyl (C=O) groups excluding carboxylic acids is 2. The number of hydrogen-bond acceptors (Lipinski definition) is 3. The van der Waals surface area contributed by atoms with Crippen LogP contribution in [-0.4, -0.2) is 34.3 Å². The van der Waals surface area contributed by atoms with Gasteiger partial charge >= 0.3 is 0 Å². The zero-order valence-corrected chi connectivity index (χ0v) is 11.2. The number of carbonyl (C=O) groups is 2. The van der Waals surface area contributed by atoms with E-state index in [-0.39, 0.29) is 37.8 Å². The van der Waals surface area contributed by atoms with Crippen LogP contribution in [0.1, 0.15) is 54.9 Å². The Morgan fingerprint density at radius 1 is 1.28 bits per heavy atom. The molecule has 0 aromatic carbocycles. The van der Waals surface area contributed by atoms with Crippen molar-refractivity contribution in [2.45, 2.75) is 60.9 Å². The third-order valence-corrected chi connectivity index (χ3v) is 3.93. The molecule has 0 aromatic heterocycles. The molecule has 0 spiro atoms. The molecule has 2 rings (SSSR count). The first-order chi connectivity index (χ1) is 7.61. The standard InChI is InChI=1S/C9H13NO2S.C3H8.2CH4/c1-6-5-13-9(12)7-3-2-4-10(7)8(6)11;1-3-2;;/h6-7H,2-5H2,1H3;3H2,1-2H3;2*1H4/t6-,7+;;;/m1.../s1. The Kier molecular flexibility index (Phi) is 10.4. The van der Waals surface area contributed by atoms with Gasteiger partial charge in [-0.1, -0.05) is 53.8 Å². The highest BCUT2D eigenvalue weighted by molar-refractivity contribution is 8.13. The summed E-state index contributed by atoms with van der Waals surface area (Å²) in [7, 11) is 0. The Labute approximate surface area is 117 Å². The van der Waals surface area contributed by atoms with Gasteiger partial charge in [-0.15, -0.1) is 0 Å². The summed E-state index contributed by atoms with van der Waals surface area (Å²) < 4.78 is 0. The lowest BCUT2D eigenvalue weighted by Gasteiger charge is -2.21. The minimum absolute atomic E-state index is 0. The molecule has 2 atom stereocenters. The van der Waals surface area contributed by atoms with E-state index in [0.29, 0.717) is 5.75 Å². The van der Waals surface area contributed by atoms with Crippen LogP contribution in [0.4, 0.5) is 0 Å². The third-order valence-electron chi connectivity index (χ3n) is 2.71. The van der Waals surface area contributed by atoms with Gasteiger partial charge < -0.3 is 4.90 Å². The Hall–Kier alpha value is -0.510. The molecule has 2 fully saturated rings. The molecule has 2 aliphatic rings. The van der Waals surface area contributed by atoms with Gasteiger partial charge in [0.25, 0.3) is 0 Å². The van der Waals surface area contributed by atoms with Crippen molar-refractivity contribution >= 4 is 22.8 Å². The highest BCUT2D eigenvalue weighted by Crippen LogP contribution is 2.29. The van der Waals surface area contributed by atoms with E-state index in [4.69, 9.17) is 0 Å². The maximum atomic E-state index is 11.7. The predicted molar refractivity (Wildman–Crippen MR) is 80.8 cm³/mol. The monoisotopic (exact) mass is 275 g/mol. The minimum Gasteiger partial charge on any atom is -0.331 e. The molecule has 0 aliphatic carbocycles. The molecule has 2 saturated heterocycles. The van der Waals surface area contributed by atoms with Crippen LogP contribution in [0.2, 0.25) is 0 Å². The van der Waals surface area contributed by atoms with E-state index in [1.54, 1.807) is 4.90 Å². The number of amides is 1. The number of rotatable bonds is 0. The Morgan fingerprint density at radius 2 is 1.83 bits per heavy atom. The lowest BCUT2D eigenvalue weighted by molar-refractivity contribution is -0.137. The average Bonchev–Trinajstić information content (AvgIpc) is 2.70. The third kappa shape index (κ3) is 4.63. The molecule has 4 heteroatoms. The molecule has 0 N–H and O–H groups in total. The van der Waals surface area contributed by atoms with Crippen LogP contribution in [0, 0.1) is 5.92 Å². The highest BCUT2D eigenvalue weighted by atomic mass is 32.2. The summed E-state index contributed by atoms with van der Waals surface area (Å²) in [5.74, 6) is 0.836. The van der Waals surface area contributed by atoms with Gasteiger partial charge in [0.2, 0.25) is 11.0 Å². The fourth-order valence-corrected chi connectivity index (χ4v) is 2.93. The number of fused-ring (bicyclic) bond motifs is 1. The van der Waals surface area contributed by atoms with Crippen LogP contribution in [0.5, 0.6) is 0 Å². The van der Waals surface area contributed by atoms with E-state index in [0.717, 1.165) is 19.4 Å².